The number of nitrogens with one attached hydrogen (secondary N) is 1. The molecule has 24 heavy (non-hydrogen) atoms. The molecule has 1 N–H and O–H groups in total. The van der Waals surface area contributed by atoms with Crippen molar-refractivity contribution in [2.45, 2.75) is 18.9 Å². The number of fused-ring (bicyclic) bond motifs is 3. The van der Waals surface area contributed by atoms with Crippen LogP contribution in [0, 0.1) is 5.92 Å². The molecule has 2 aromatic rings. The van der Waals surface area contributed by atoms with Crippen molar-refractivity contribution in [2.24, 2.45) is 5.92 Å². The molecule has 0 spiro atoms. The van der Waals surface area contributed by atoms with Crippen LogP contribution in [0.1, 0.15) is 22.6 Å². The first-order chi connectivity index (χ1) is 11.7. The van der Waals surface area contributed by atoms with E-state index in [1.165, 1.54) is 24.2 Å². The van der Waals surface area contributed by atoms with Gasteiger partial charge in [-0.1, -0.05) is 35.1 Å². The van der Waals surface area contributed by atoms with E-state index in [9.17, 15) is 4.79 Å². The van der Waals surface area contributed by atoms with Crippen molar-refractivity contribution in [3.63, 3.8) is 0 Å². The van der Waals surface area contributed by atoms with Gasteiger partial charge in [-0.05, 0) is 44.0 Å². The third kappa shape index (κ3) is 3.27. The lowest BCUT2D eigenvalue weighted by molar-refractivity contribution is 0.0620. The number of ether oxygens (including phenoxy) is 1. The maximum absolute atomic E-state index is 12.5. The molecule has 0 aliphatic carbocycles. The fraction of sp³-hybridized carbons (Fsp3) is 0.412. The van der Waals surface area contributed by atoms with E-state index in [2.05, 4.69) is 15.2 Å². The number of thiazole rings is 1. The summed E-state index contributed by atoms with van der Waals surface area (Å²) >= 11 is 7.32. The van der Waals surface area contributed by atoms with E-state index in [-0.39, 0.29) is 11.9 Å². The standard InChI is InChI=1S/C17H18ClN3O2S/c18-12-3-1-2-4-14(12)23-15-9-19-17(24-15)16(22)20-13-10-21-7-5-11(13)6-8-21/h1-4,9,11,13H,5-8,10H2,(H,20,22). The Morgan fingerprint density at radius 3 is 2.83 bits per heavy atom. The zero-order valence-corrected chi connectivity index (χ0v) is 14.6. The van der Waals surface area contributed by atoms with E-state index in [1.807, 2.05) is 12.1 Å². The van der Waals surface area contributed by atoms with Crippen molar-refractivity contribution >= 4 is 28.8 Å². The third-order valence-corrected chi connectivity index (χ3v) is 5.88. The van der Waals surface area contributed by atoms with Crippen LogP contribution < -0.4 is 10.1 Å². The molecule has 2 bridgehead atoms. The van der Waals surface area contributed by atoms with E-state index in [0.717, 1.165) is 19.6 Å². The molecular weight excluding hydrogens is 346 g/mol. The van der Waals surface area contributed by atoms with Crippen molar-refractivity contribution in [3.8, 4) is 10.8 Å². The van der Waals surface area contributed by atoms with E-state index in [4.69, 9.17) is 16.3 Å². The second kappa shape index (κ2) is 6.70. The molecule has 0 radical (unpaired) electrons. The molecule has 1 atom stereocenters. The smallest absolute Gasteiger partial charge is 0.280 e. The molecule has 3 saturated heterocycles. The van der Waals surface area contributed by atoms with Gasteiger partial charge in [0.2, 0.25) is 5.06 Å². The Morgan fingerprint density at radius 2 is 2.12 bits per heavy atom. The van der Waals surface area contributed by atoms with Gasteiger partial charge in [-0.25, -0.2) is 4.98 Å². The Balaban J connectivity index is 1.41. The lowest BCUT2D eigenvalue weighted by Crippen LogP contribution is -2.57. The number of hydrogen-bond donors (Lipinski definition) is 1. The van der Waals surface area contributed by atoms with Crippen molar-refractivity contribution in [1.29, 1.82) is 0 Å². The Morgan fingerprint density at radius 1 is 1.33 bits per heavy atom. The van der Waals surface area contributed by atoms with Gasteiger partial charge in [-0.15, -0.1) is 0 Å². The molecule has 4 heterocycles. The Bertz CT molecular complexity index is 743. The van der Waals surface area contributed by atoms with E-state index >= 15 is 0 Å². The van der Waals surface area contributed by atoms with Crippen LogP contribution in [0.2, 0.25) is 5.02 Å². The van der Waals surface area contributed by atoms with Gasteiger partial charge in [0.15, 0.2) is 5.01 Å². The largest absolute Gasteiger partial charge is 0.443 e. The summed E-state index contributed by atoms with van der Waals surface area (Å²) in [5.74, 6) is 1.04. The zero-order chi connectivity index (χ0) is 16.5. The quantitative estimate of drug-likeness (QED) is 0.904. The molecule has 1 unspecified atom stereocenters. The minimum atomic E-state index is -0.118. The van der Waals surface area contributed by atoms with Gasteiger partial charge in [0.25, 0.3) is 5.91 Å². The van der Waals surface area contributed by atoms with Crippen LogP contribution in [0.4, 0.5) is 0 Å². The normalized spacial score (nSPS) is 25.5. The molecule has 3 fully saturated rings. The first kappa shape index (κ1) is 15.9. The van der Waals surface area contributed by atoms with Crippen LogP contribution in [-0.2, 0) is 0 Å². The maximum Gasteiger partial charge on any atom is 0.280 e. The number of rotatable bonds is 4. The van der Waals surface area contributed by atoms with Crippen LogP contribution in [-0.4, -0.2) is 41.5 Å². The predicted octanol–water partition coefficient (Wildman–Crippen LogP) is 3.41. The van der Waals surface area contributed by atoms with Crippen LogP contribution >= 0.6 is 22.9 Å². The SMILES string of the molecule is O=C(NC1CN2CCC1CC2)c1ncc(Oc2ccccc2Cl)s1. The number of carbonyl (C=O) groups excluding carboxylic acids is 1. The van der Waals surface area contributed by atoms with Gasteiger partial charge >= 0.3 is 0 Å². The van der Waals surface area contributed by atoms with Crippen LogP contribution in [0.25, 0.3) is 0 Å². The molecule has 1 aromatic carbocycles. The second-order valence-electron chi connectivity index (χ2n) is 6.23. The summed E-state index contributed by atoms with van der Waals surface area (Å²) in [7, 11) is 0. The fourth-order valence-corrected chi connectivity index (χ4v) is 4.26. The Hall–Kier alpha value is -1.63. The summed E-state index contributed by atoms with van der Waals surface area (Å²) in [4.78, 5) is 19.1. The minimum Gasteiger partial charge on any atom is -0.443 e. The number of hydrogen-bond acceptors (Lipinski definition) is 5. The molecule has 0 saturated carbocycles. The summed E-state index contributed by atoms with van der Waals surface area (Å²) in [5.41, 5.74) is 0. The highest BCUT2D eigenvalue weighted by atomic mass is 35.5. The highest BCUT2D eigenvalue weighted by Crippen LogP contribution is 2.32. The lowest BCUT2D eigenvalue weighted by atomic mass is 9.84. The molecule has 3 aliphatic rings. The molecule has 126 valence electrons. The van der Waals surface area contributed by atoms with Gasteiger partial charge in [0.05, 0.1) is 11.2 Å². The summed E-state index contributed by atoms with van der Waals surface area (Å²) in [5, 5.41) is 4.65. The molecule has 7 heteroatoms. The molecule has 5 nitrogen and oxygen atoms in total. The first-order valence-electron chi connectivity index (χ1n) is 8.10. The highest BCUT2D eigenvalue weighted by Gasteiger charge is 2.35. The summed E-state index contributed by atoms with van der Waals surface area (Å²) in [6, 6.07) is 7.48. The fourth-order valence-electron chi connectivity index (χ4n) is 3.41. The molecule has 1 aromatic heterocycles. The topological polar surface area (TPSA) is 54.5 Å². The number of halogens is 1. The van der Waals surface area contributed by atoms with Gasteiger partial charge in [-0.2, -0.15) is 0 Å². The maximum atomic E-state index is 12.5. The predicted molar refractivity (Wildman–Crippen MR) is 94.1 cm³/mol. The average molecular weight is 364 g/mol. The van der Waals surface area contributed by atoms with E-state index in [0.29, 0.717) is 26.8 Å². The number of para-hydroxylation sites is 1. The number of aromatic nitrogens is 1. The van der Waals surface area contributed by atoms with Gasteiger partial charge < -0.3 is 15.0 Å². The number of nitrogens with zero attached hydrogens (tertiary/aromatic N) is 2. The monoisotopic (exact) mass is 363 g/mol. The van der Waals surface area contributed by atoms with Crippen molar-refractivity contribution in [3.05, 3.63) is 40.5 Å². The molecule has 5 rings (SSSR count). The van der Waals surface area contributed by atoms with Gasteiger partial charge in [-0.3, -0.25) is 4.79 Å². The van der Waals surface area contributed by atoms with E-state index in [1.54, 1.807) is 18.3 Å². The summed E-state index contributed by atoms with van der Waals surface area (Å²) < 4.78 is 5.72. The second-order valence-corrected chi connectivity index (χ2v) is 7.64. The third-order valence-electron chi connectivity index (χ3n) is 4.70. The van der Waals surface area contributed by atoms with Gasteiger partial charge in [0, 0.05) is 12.6 Å². The molecule has 3 aliphatic heterocycles. The zero-order valence-electron chi connectivity index (χ0n) is 13.1. The van der Waals surface area contributed by atoms with Crippen molar-refractivity contribution in [1.82, 2.24) is 15.2 Å². The van der Waals surface area contributed by atoms with Crippen LogP contribution in [0.3, 0.4) is 0 Å². The van der Waals surface area contributed by atoms with Gasteiger partial charge in [0.1, 0.15) is 5.75 Å². The minimum absolute atomic E-state index is 0.118. The average Bonchev–Trinajstić information content (AvgIpc) is 3.07. The van der Waals surface area contributed by atoms with Crippen LogP contribution in [0.15, 0.2) is 30.5 Å². The summed E-state index contributed by atoms with van der Waals surface area (Å²) in [6.07, 6.45) is 3.91. The number of amides is 1. The Labute approximate surface area is 149 Å². The number of carbonyl (C=O) groups is 1. The van der Waals surface area contributed by atoms with Crippen molar-refractivity contribution in [2.75, 3.05) is 19.6 Å². The summed E-state index contributed by atoms with van der Waals surface area (Å²) in [6.45, 7) is 3.26. The molecule has 1 amide bonds. The van der Waals surface area contributed by atoms with E-state index < -0.39 is 0 Å². The lowest BCUT2D eigenvalue weighted by Gasteiger charge is -2.44. The number of piperidine rings is 3. The highest BCUT2D eigenvalue weighted by molar-refractivity contribution is 7.15. The van der Waals surface area contributed by atoms with Crippen LogP contribution in [0.5, 0.6) is 10.8 Å². The first-order valence-corrected chi connectivity index (χ1v) is 9.30. The number of benzene rings is 1. The molecular formula is C17H18ClN3O2S. The Kier molecular flexibility index (Phi) is 4.43. The van der Waals surface area contributed by atoms with Crippen molar-refractivity contribution < 1.29 is 9.53 Å².